The van der Waals surface area contributed by atoms with Crippen LogP contribution in [-0.2, 0) is 16.1 Å². The summed E-state index contributed by atoms with van der Waals surface area (Å²) >= 11 is 0. The van der Waals surface area contributed by atoms with E-state index in [1.807, 2.05) is 26.0 Å². The summed E-state index contributed by atoms with van der Waals surface area (Å²) in [4.78, 5) is 12.8. The molecule has 6 heteroatoms. The zero-order valence-electron chi connectivity index (χ0n) is 16.2. The molecule has 6 nitrogen and oxygen atoms in total. The number of hydrogen-bond donors (Lipinski definition) is 1. The van der Waals surface area contributed by atoms with Gasteiger partial charge < -0.3 is 14.8 Å². The van der Waals surface area contributed by atoms with Crippen LogP contribution < -0.4 is 10.1 Å². The lowest BCUT2D eigenvalue weighted by Crippen LogP contribution is -2.49. The number of rotatable bonds is 3. The van der Waals surface area contributed by atoms with Gasteiger partial charge in [0.25, 0.3) is 0 Å². The molecule has 2 aliphatic rings. The number of nitrogens with zero attached hydrogens (tertiary/aromatic N) is 2. The first-order valence-electron chi connectivity index (χ1n) is 9.62. The van der Waals surface area contributed by atoms with Crippen molar-refractivity contribution in [2.24, 2.45) is 0 Å². The molecule has 4 rings (SSSR count). The second-order valence-electron chi connectivity index (χ2n) is 7.85. The van der Waals surface area contributed by atoms with E-state index in [9.17, 15) is 4.79 Å². The van der Waals surface area contributed by atoms with Crippen LogP contribution in [0.3, 0.4) is 0 Å². The van der Waals surface area contributed by atoms with Crippen molar-refractivity contribution in [3.8, 4) is 5.75 Å². The molecule has 1 amide bonds. The van der Waals surface area contributed by atoms with E-state index in [0.717, 1.165) is 47.5 Å². The number of carbonyl (C=O) groups is 1. The van der Waals surface area contributed by atoms with E-state index in [1.165, 1.54) is 0 Å². The van der Waals surface area contributed by atoms with Crippen molar-refractivity contribution in [2.75, 3.05) is 13.2 Å². The van der Waals surface area contributed by atoms with Gasteiger partial charge in [0.15, 0.2) is 0 Å². The van der Waals surface area contributed by atoms with E-state index in [1.54, 1.807) is 4.68 Å². The van der Waals surface area contributed by atoms with Crippen molar-refractivity contribution >= 4 is 5.91 Å². The van der Waals surface area contributed by atoms with Gasteiger partial charge in [-0.1, -0.05) is 17.7 Å². The Kier molecular flexibility index (Phi) is 4.68. The van der Waals surface area contributed by atoms with E-state index in [4.69, 9.17) is 9.47 Å². The molecule has 2 aromatic rings. The predicted octanol–water partition coefficient (Wildman–Crippen LogP) is 3.00. The second-order valence-corrected chi connectivity index (χ2v) is 7.85. The average molecular weight is 369 g/mol. The van der Waals surface area contributed by atoms with Crippen LogP contribution in [0.5, 0.6) is 5.75 Å². The number of amides is 1. The summed E-state index contributed by atoms with van der Waals surface area (Å²) in [5.41, 5.74) is 3.89. The van der Waals surface area contributed by atoms with E-state index in [0.29, 0.717) is 13.2 Å². The fraction of sp³-hybridized carbons (Fsp3) is 0.524. The molecule has 0 saturated carbocycles. The lowest BCUT2D eigenvalue weighted by Gasteiger charge is -2.44. The summed E-state index contributed by atoms with van der Waals surface area (Å²) in [5, 5.41) is 7.64. The lowest BCUT2D eigenvalue weighted by atomic mass is 9.81. The number of ether oxygens (including phenoxy) is 2. The minimum absolute atomic E-state index is 0.0252. The Balaban J connectivity index is 1.57. The Hall–Kier alpha value is -2.34. The van der Waals surface area contributed by atoms with Crippen LogP contribution in [0.2, 0.25) is 0 Å². The molecule has 1 saturated heterocycles. The van der Waals surface area contributed by atoms with E-state index in [-0.39, 0.29) is 24.1 Å². The summed E-state index contributed by atoms with van der Waals surface area (Å²) in [5.74, 6) is 0.855. The summed E-state index contributed by atoms with van der Waals surface area (Å²) < 4.78 is 13.7. The van der Waals surface area contributed by atoms with Gasteiger partial charge in [0, 0.05) is 30.5 Å². The van der Waals surface area contributed by atoms with Gasteiger partial charge >= 0.3 is 0 Å². The first-order chi connectivity index (χ1) is 12.9. The van der Waals surface area contributed by atoms with E-state index < -0.39 is 0 Å². The molecule has 1 spiro atoms. The minimum Gasteiger partial charge on any atom is -0.487 e. The standard InChI is InChI=1S/C21H27N3O3/c1-14-4-5-19-17(10-14)18(12-21(27-19)6-8-26-9-7-21)22-20(25)13-24-16(3)11-15(2)23-24/h4-5,10-11,18H,6-9,12-13H2,1-3H3,(H,22,25)/t18-/m1/s1. The van der Waals surface area contributed by atoms with Crippen molar-refractivity contribution in [2.45, 2.75) is 58.2 Å². The maximum absolute atomic E-state index is 12.8. The van der Waals surface area contributed by atoms with Crippen LogP contribution >= 0.6 is 0 Å². The highest BCUT2D eigenvalue weighted by molar-refractivity contribution is 5.76. The monoisotopic (exact) mass is 369 g/mol. The quantitative estimate of drug-likeness (QED) is 0.903. The molecule has 0 unspecified atom stereocenters. The van der Waals surface area contributed by atoms with E-state index >= 15 is 0 Å². The molecule has 0 aliphatic carbocycles. The van der Waals surface area contributed by atoms with Gasteiger partial charge in [-0.3, -0.25) is 9.48 Å². The Labute approximate surface area is 159 Å². The van der Waals surface area contributed by atoms with Crippen molar-refractivity contribution < 1.29 is 14.3 Å². The summed E-state index contributed by atoms with van der Waals surface area (Å²) in [6, 6.07) is 8.14. The number of hydrogen-bond acceptors (Lipinski definition) is 4. The van der Waals surface area contributed by atoms with Crippen molar-refractivity contribution in [1.29, 1.82) is 0 Å². The molecule has 27 heavy (non-hydrogen) atoms. The van der Waals surface area contributed by atoms with Crippen LogP contribution in [-0.4, -0.2) is 34.5 Å². The molecule has 1 aromatic heterocycles. The zero-order valence-corrected chi connectivity index (χ0v) is 16.2. The molecule has 144 valence electrons. The predicted molar refractivity (Wildman–Crippen MR) is 102 cm³/mol. The minimum atomic E-state index is -0.253. The molecule has 1 atom stereocenters. The first kappa shape index (κ1) is 18.0. The van der Waals surface area contributed by atoms with Crippen LogP contribution in [0.25, 0.3) is 0 Å². The largest absolute Gasteiger partial charge is 0.487 e. The molecule has 2 aliphatic heterocycles. The maximum Gasteiger partial charge on any atom is 0.242 e. The summed E-state index contributed by atoms with van der Waals surface area (Å²) in [6.07, 6.45) is 2.48. The third-order valence-corrected chi connectivity index (χ3v) is 5.58. The number of fused-ring (bicyclic) bond motifs is 1. The second kappa shape index (κ2) is 7.00. The summed E-state index contributed by atoms with van der Waals surface area (Å²) in [6.45, 7) is 7.61. The van der Waals surface area contributed by atoms with Gasteiger partial charge in [-0.25, -0.2) is 0 Å². The highest BCUT2D eigenvalue weighted by Gasteiger charge is 2.42. The number of nitrogens with one attached hydrogen (secondary N) is 1. The van der Waals surface area contributed by atoms with Crippen molar-refractivity contribution in [3.63, 3.8) is 0 Å². The fourth-order valence-corrected chi connectivity index (χ4v) is 4.18. The van der Waals surface area contributed by atoms with E-state index in [2.05, 4.69) is 29.5 Å². The molecular formula is C21H27N3O3. The molecular weight excluding hydrogens is 342 g/mol. The Bertz CT molecular complexity index is 852. The van der Waals surface area contributed by atoms with Gasteiger partial charge in [0.05, 0.1) is 24.9 Å². The molecule has 1 N–H and O–H groups in total. The number of carbonyl (C=O) groups excluding carboxylic acids is 1. The van der Waals surface area contributed by atoms with Crippen LogP contribution in [0.1, 0.15) is 47.8 Å². The number of aromatic nitrogens is 2. The lowest BCUT2D eigenvalue weighted by molar-refractivity contribution is -0.123. The smallest absolute Gasteiger partial charge is 0.242 e. The number of benzene rings is 1. The highest BCUT2D eigenvalue weighted by Crippen LogP contribution is 2.44. The van der Waals surface area contributed by atoms with Gasteiger partial charge in [-0.2, -0.15) is 5.10 Å². The molecule has 1 aromatic carbocycles. The Morgan fingerprint density at radius 1 is 1.26 bits per heavy atom. The van der Waals surface area contributed by atoms with Gasteiger partial charge in [-0.05, 0) is 32.9 Å². The van der Waals surface area contributed by atoms with Gasteiger partial charge in [0.1, 0.15) is 17.9 Å². The molecule has 3 heterocycles. The first-order valence-corrected chi connectivity index (χ1v) is 9.62. The van der Waals surface area contributed by atoms with Gasteiger partial charge in [-0.15, -0.1) is 0 Å². The van der Waals surface area contributed by atoms with Crippen LogP contribution in [0.4, 0.5) is 0 Å². The highest BCUT2D eigenvalue weighted by atomic mass is 16.5. The Morgan fingerprint density at radius 2 is 2.04 bits per heavy atom. The molecule has 1 fully saturated rings. The van der Waals surface area contributed by atoms with Crippen LogP contribution in [0.15, 0.2) is 24.3 Å². The van der Waals surface area contributed by atoms with Crippen molar-refractivity contribution in [3.05, 3.63) is 46.8 Å². The maximum atomic E-state index is 12.8. The summed E-state index contributed by atoms with van der Waals surface area (Å²) in [7, 11) is 0. The van der Waals surface area contributed by atoms with Crippen molar-refractivity contribution in [1.82, 2.24) is 15.1 Å². The molecule has 0 bridgehead atoms. The zero-order chi connectivity index (χ0) is 19.0. The topological polar surface area (TPSA) is 65.4 Å². The average Bonchev–Trinajstić information content (AvgIpc) is 2.93. The van der Waals surface area contributed by atoms with Gasteiger partial charge in [0.2, 0.25) is 5.91 Å². The SMILES string of the molecule is Cc1ccc2c(c1)[C@H](NC(=O)Cn1nc(C)cc1C)CC1(CCOCC1)O2. The Morgan fingerprint density at radius 3 is 2.74 bits per heavy atom. The third kappa shape index (κ3) is 3.72. The fourth-order valence-electron chi connectivity index (χ4n) is 4.18. The number of aryl methyl sites for hydroxylation is 3. The van der Waals surface area contributed by atoms with Crippen LogP contribution in [0, 0.1) is 20.8 Å². The normalized spacial score (nSPS) is 20.8. The molecule has 0 radical (unpaired) electrons. The third-order valence-electron chi connectivity index (χ3n) is 5.58.